The largest absolute Gasteiger partial charge is 0.472 e. The summed E-state index contributed by atoms with van der Waals surface area (Å²) < 4.78 is 68.3. The van der Waals surface area contributed by atoms with Crippen LogP contribution in [0.2, 0.25) is 0 Å². The monoisotopic (exact) mass is 1390 g/mol. The fourth-order valence-corrected chi connectivity index (χ4v) is 11.4. The Hall–Kier alpha value is -4.02. The second kappa shape index (κ2) is 69.5. The number of phosphoric ester groups is 2. The van der Waals surface area contributed by atoms with Crippen molar-refractivity contribution in [2.24, 2.45) is 0 Å². The molecule has 0 aromatic heterocycles. The molecule has 0 aliphatic heterocycles. The molecule has 0 fully saturated rings. The summed E-state index contributed by atoms with van der Waals surface area (Å²) in [6.45, 7) is 4.57. The maximum absolute atomic E-state index is 13.0. The number of rotatable bonds is 70. The number of aliphatic hydroxyl groups is 1. The molecule has 0 amide bonds. The lowest BCUT2D eigenvalue weighted by atomic mass is 10.1. The number of hydrogen-bond donors (Lipinski definition) is 3. The van der Waals surface area contributed by atoms with Gasteiger partial charge in [-0.3, -0.25) is 37.3 Å². The summed E-state index contributed by atoms with van der Waals surface area (Å²) >= 11 is 0. The number of hydrogen-bond acceptors (Lipinski definition) is 15. The van der Waals surface area contributed by atoms with E-state index in [1.54, 1.807) is 0 Å². The van der Waals surface area contributed by atoms with Gasteiger partial charge in [-0.15, -0.1) is 0 Å². The standard InChI is InChI=1S/C77H134O17P2/c1-5-9-13-17-21-25-29-31-33-35-37-39-43-45-49-53-57-61-74(79)87-67-72(93-76(81)63-59-55-51-47-41-27-23-19-15-11-7-3)69-91-95(83,84)89-65-71(78)66-90-96(85,86)92-70-73(94-77(82)64-60-56-52-48-42-28-24-20-16-12-8-4)68-88-75(80)62-58-54-50-46-44-40-38-36-34-32-30-26-22-18-14-10-6-2/h9-10,13-14,19,21-23,25-26,31-34,37,39,71-73,78H,5-8,11-12,15-18,20,24,27-30,35-36,38,40-70H2,1-4H3,(H,83,84)(H,85,86)/b13-9-,14-10-,23-19-,25-21-,26-22-,33-31-,34-32-,39-37-. The molecule has 0 saturated heterocycles. The van der Waals surface area contributed by atoms with E-state index < -0.39 is 97.5 Å². The summed E-state index contributed by atoms with van der Waals surface area (Å²) in [5.41, 5.74) is 0. The Morgan fingerprint density at radius 3 is 0.875 bits per heavy atom. The van der Waals surface area contributed by atoms with Gasteiger partial charge in [0.15, 0.2) is 12.2 Å². The quantitative estimate of drug-likeness (QED) is 0.0169. The molecule has 17 nitrogen and oxygen atoms in total. The Morgan fingerprint density at radius 2 is 0.552 bits per heavy atom. The lowest BCUT2D eigenvalue weighted by molar-refractivity contribution is -0.161. The summed E-state index contributed by atoms with van der Waals surface area (Å²) in [6.07, 6.45) is 71.2. The average molecular weight is 1390 g/mol. The van der Waals surface area contributed by atoms with Gasteiger partial charge in [-0.2, -0.15) is 0 Å². The van der Waals surface area contributed by atoms with Gasteiger partial charge < -0.3 is 33.8 Å². The van der Waals surface area contributed by atoms with E-state index >= 15 is 0 Å². The first-order chi connectivity index (χ1) is 46.7. The molecule has 19 heteroatoms. The zero-order valence-corrected chi connectivity index (χ0v) is 62.1. The van der Waals surface area contributed by atoms with Gasteiger partial charge >= 0.3 is 39.5 Å². The molecule has 0 rings (SSSR count). The van der Waals surface area contributed by atoms with Gasteiger partial charge in [-0.05, 0) is 116 Å². The van der Waals surface area contributed by atoms with Crippen molar-refractivity contribution in [1.29, 1.82) is 0 Å². The fourth-order valence-electron chi connectivity index (χ4n) is 9.85. The molecule has 0 saturated carbocycles. The number of allylic oxidation sites excluding steroid dienone is 16. The van der Waals surface area contributed by atoms with Crippen molar-refractivity contribution in [3.63, 3.8) is 0 Å². The Bertz CT molecular complexity index is 2200. The first-order valence-electron chi connectivity index (χ1n) is 37.5. The summed E-state index contributed by atoms with van der Waals surface area (Å²) in [7, 11) is -9.95. The van der Waals surface area contributed by atoms with Crippen LogP contribution in [0, 0.1) is 0 Å². The van der Waals surface area contributed by atoms with E-state index in [4.69, 9.17) is 37.0 Å². The third kappa shape index (κ3) is 68.5. The van der Waals surface area contributed by atoms with Gasteiger partial charge in [0.05, 0.1) is 26.4 Å². The minimum absolute atomic E-state index is 0.0790. The highest BCUT2D eigenvalue weighted by atomic mass is 31.2. The van der Waals surface area contributed by atoms with E-state index in [9.17, 15) is 43.2 Å². The molecule has 0 spiro atoms. The molecular formula is C77H134O17P2. The maximum atomic E-state index is 13.0. The summed E-state index contributed by atoms with van der Waals surface area (Å²) in [5.74, 6) is -2.21. The van der Waals surface area contributed by atoms with E-state index in [-0.39, 0.29) is 25.7 Å². The van der Waals surface area contributed by atoms with E-state index in [2.05, 4.69) is 125 Å². The van der Waals surface area contributed by atoms with Crippen LogP contribution in [-0.4, -0.2) is 96.7 Å². The topological polar surface area (TPSA) is 237 Å². The minimum atomic E-state index is -4.98. The number of aliphatic hydroxyl groups excluding tert-OH is 1. The molecule has 96 heavy (non-hydrogen) atoms. The average Bonchev–Trinajstić information content (AvgIpc) is 1.21. The van der Waals surface area contributed by atoms with Crippen LogP contribution in [0.15, 0.2) is 97.2 Å². The molecule has 0 aliphatic carbocycles. The summed E-state index contributed by atoms with van der Waals surface area (Å²) in [4.78, 5) is 72.7. The molecular weight excluding hydrogens is 1260 g/mol. The van der Waals surface area contributed by atoms with Gasteiger partial charge in [0.25, 0.3) is 0 Å². The maximum Gasteiger partial charge on any atom is 0.472 e. The second-order valence-corrected chi connectivity index (χ2v) is 27.7. The van der Waals surface area contributed by atoms with Crippen molar-refractivity contribution in [3.8, 4) is 0 Å². The fraction of sp³-hybridized carbons (Fsp3) is 0.740. The van der Waals surface area contributed by atoms with Gasteiger partial charge in [0.1, 0.15) is 19.3 Å². The molecule has 0 aliphatic rings. The predicted octanol–water partition coefficient (Wildman–Crippen LogP) is 21.2. The molecule has 5 atom stereocenters. The van der Waals surface area contributed by atoms with Crippen molar-refractivity contribution >= 4 is 39.5 Å². The number of unbranched alkanes of at least 4 members (excludes halogenated alkanes) is 28. The van der Waals surface area contributed by atoms with Crippen LogP contribution >= 0.6 is 15.6 Å². The normalized spacial score (nSPS) is 14.5. The highest BCUT2D eigenvalue weighted by Gasteiger charge is 2.30. The van der Waals surface area contributed by atoms with Gasteiger partial charge in [-0.1, -0.05) is 266 Å². The zero-order valence-electron chi connectivity index (χ0n) is 60.3. The molecule has 0 aromatic carbocycles. The molecule has 0 aromatic rings. The van der Waals surface area contributed by atoms with Crippen molar-refractivity contribution in [3.05, 3.63) is 97.2 Å². The lowest BCUT2D eigenvalue weighted by Gasteiger charge is -2.21. The first kappa shape index (κ1) is 92.0. The predicted molar refractivity (Wildman–Crippen MR) is 390 cm³/mol. The van der Waals surface area contributed by atoms with Crippen LogP contribution in [0.1, 0.15) is 310 Å². The van der Waals surface area contributed by atoms with Gasteiger partial charge in [0.2, 0.25) is 0 Å². The zero-order chi connectivity index (χ0) is 70.4. The van der Waals surface area contributed by atoms with Crippen LogP contribution in [0.5, 0.6) is 0 Å². The van der Waals surface area contributed by atoms with Gasteiger partial charge in [0, 0.05) is 25.7 Å². The second-order valence-electron chi connectivity index (χ2n) is 24.8. The molecule has 0 heterocycles. The highest BCUT2D eigenvalue weighted by molar-refractivity contribution is 7.47. The lowest BCUT2D eigenvalue weighted by Crippen LogP contribution is -2.30. The van der Waals surface area contributed by atoms with Crippen molar-refractivity contribution in [2.75, 3.05) is 39.6 Å². The molecule has 0 radical (unpaired) electrons. The summed E-state index contributed by atoms with van der Waals surface area (Å²) in [6, 6.07) is 0. The van der Waals surface area contributed by atoms with Crippen LogP contribution in [-0.2, 0) is 65.4 Å². The Kier molecular flexibility index (Phi) is 66.6. The highest BCUT2D eigenvalue weighted by Crippen LogP contribution is 2.45. The van der Waals surface area contributed by atoms with Crippen molar-refractivity contribution in [2.45, 2.75) is 329 Å². The first-order valence-corrected chi connectivity index (χ1v) is 40.5. The molecule has 0 bridgehead atoms. The van der Waals surface area contributed by atoms with Gasteiger partial charge in [-0.25, -0.2) is 9.13 Å². The number of carbonyl (C=O) groups excluding carboxylic acids is 4. The molecule has 5 unspecified atom stereocenters. The number of esters is 4. The van der Waals surface area contributed by atoms with E-state index in [1.165, 1.54) is 51.4 Å². The Balaban J connectivity index is 5.30. The third-order valence-corrected chi connectivity index (χ3v) is 17.4. The van der Waals surface area contributed by atoms with Crippen LogP contribution in [0.3, 0.4) is 0 Å². The van der Waals surface area contributed by atoms with E-state index in [1.807, 2.05) is 0 Å². The van der Waals surface area contributed by atoms with E-state index in [0.29, 0.717) is 25.7 Å². The van der Waals surface area contributed by atoms with Crippen LogP contribution < -0.4 is 0 Å². The van der Waals surface area contributed by atoms with E-state index in [0.717, 1.165) is 180 Å². The molecule has 554 valence electrons. The van der Waals surface area contributed by atoms with Crippen LogP contribution in [0.4, 0.5) is 0 Å². The van der Waals surface area contributed by atoms with Crippen molar-refractivity contribution in [1.82, 2.24) is 0 Å². The summed E-state index contributed by atoms with van der Waals surface area (Å²) in [5, 5.41) is 10.6. The number of carbonyl (C=O) groups is 4. The third-order valence-electron chi connectivity index (χ3n) is 15.5. The Morgan fingerprint density at radius 1 is 0.302 bits per heavy atom. The SMILES string of the molecule is CC/C=C\C/C=C\C/C=C\C/C=C\CCCCCCC(=O)OCC(COP(=O)(O)OCC(O)COP(=O)(O)OCC(COC(=O)CCCCCCCCC/C=C\C/C=C\C/C=C\CC)OC(=O)CCCCCCCCCCCCC)OC(=O)CCCCCCC/C=C\CCCC. The minimum Gasteiger partial charge on any atom is -0.462 e. The van der Waals surface area contributed by atoms with Crippen LogP contribution in [0.25, 0.3) is 0 Å². The smallest absolute Gasteiger partial charge is 0.462 e. The number of phosphoric acid groups is 2. The molecule has 3 N–H and O–H groups in total. The number of ether oxygens (including phenoxy) is 4. The Labute approximate surface area is 582 Å². The van der Waals surface area contributed by atoms with Crippen molar-refractivity contribution < 1.29 is 80.2 Å².